The predicted octanol–water partition coefficient (Wildman–Crippen LogP) is 11.0. The van der Waals surface area contributed by atoms with Crippen molar-refractivity contribution in [3.05, 3.63) is 169 Å². The minimum absolute atomic E-state index is 0.610. The van der Waals surface area contributed by atoms with Crippen molar-refractivity contribution in [2.75, 3.05) is 0 Å². The first-order valence-corrected chi connectivity index (χ1v) is 15.9. The number of rotatable bonds is 4. The summed E-state index contributed by atoms with van der Waals surface area (Å²) in [5.41, 5.74) is 11.5. The molecule has 0 atom stereocenters. The average Bonchev–Trinajstić information content (AvgIpc) is 3.67. The second-order valence-corrected chi connectivity index (χ2v) is 12.0. The third kappa shape index (κ3) is 4.14. The molecule has 9 rings (SSSR count). The van der Waals surface area contributed by atoms with Crippen molar-refractivity contribution < 1.29 is 0 Å². The quantitative estimate of drug-likeness (QED) is 0.199. The molecular weight excluding hydrogens is 585 g/mol. The molecule has 0 radical (unpaired) electrons. The average molecular weight is 611 g/mol. The van der Waals surface area contributed by atoms with E-state index in [9.17, 15) is 10.5 Å². The van der Waals surface area contributed by atoms with Gasteiger partial charge in [-0.05, 0) is 71.8 Å². The highest BCUT2D eigenvalue weighted by molar-refractivity contribution is 6.10. The number of nitrogens with zero attached hydrogens (tertiary/aromatic N) is 4. The van der Waals surface area contributed by atoms with Crippen LogP contribution in [0.15, 0.2) is 158 Å². The molecule has 2 heterocycles. The van der Waals surface area contributed by atoms with Gasteiger partial charge in [-0.2, -0.15) is 10.5 Å². The molecule has 7 aromatic carbocycles. The Hall–Kier alpha value is -6.88. The normalized spacial score (nSPS) is 11.3. The Labute approximate surface area is 277 Å². The molecule has 0 aliphatic carbocycles. The Morgan fingerprint density at radius 1 is 0.396 bits per heavy atom. The van der Waals surface area contributed by atoms with Crippen LogP contribution in [0.5, 0.6) is 0 Å². The third-order valence-corrected chi connectivity index (χ3v) is 9.39. The molecule has 4 heteroatoms. The maximum atomic E-state index is 10.3. The van der Waals surface area contributed by atoms with Gasteiger partial charge in [-0.25, -0.2) is 0 Å². The van der Waals surface area contributed by atoms with Crippen molar-refractivity contribution in [3.63, 3.8) is 0 Å². The largest absolute Gasteiger partial charge is 0.309 e. The zero-order valence-electron chi connectivity index (χ0n) is 25.8. The van der Waals surface area contributed by atoms with E-state index in [1.807, 2.05) is 42.5 Å². The van der Waals surface area contributed by atoms with Crippen LogP contribution in [-0.2, 0) is 0 Å². The number of hydrogen-bond donors (Lipinski definition) is 0. The number of fused-ring (bicyclic) bond motifs is 6. The summed E-state index contributed by atoms with van der Waals surface area (Å²) in [5, 5.41) is 24.6. The van der Waals surface area contributed by atoms with Crippen LogP contribution >= 0.6 is 0 Å². The van der Waals surface area contributed by atoms with E-state index in [1.54, 1.807) is 0 Å². The molecule has 0 aliphatic rings. The van der Waals surface area contributed by atoms with Gasteiger partial charge in [0.1, 0.15) is 0 Å². The Morgan fingerprint density at radius 2 is 1.00 bits per heavy atom. The first-order chi connectivity index (χ1) is 23.7. The summed E-state index contributed by atoms with van der Waals surface area (Å²) in [6, 6.07) is 58.9. The fourth-order valence-corrected chi connectivity index (χ4v) is 7.27. The minimum Gasteiger partial charge on any atom is -0.309 e. The van der Waals surface area contributed by atoms with E-state index in [-0.39, 0.29) is 0 Å². The molecule has 222 valence electrons. The lowest BCUT2D eigenvalue weighted by Gasteiger charge is -2.16. The van der Waals surface area contributed by atoms with Crippen LogP contribution in [0.25, 0.3) is 77.2 Å². The number of benzene rings is 7. The lowest BCUT2D eigenvalue weighted by Crippen LogP contribution is -1.98. The van der Waals surface area contributed by atoms with Crippen LogP contribution in [-0.4, -0.2) is 9.13 Å². The van der Waals surface area contributed by atoms with Crippen molar-refractivity contribution in [2.45, 2.75) is 0 Å². The van der Waals surface area contributed by atoms with Crippen molar-refractivity contribution in [3.8, 4) is 45.8 Å². The molecule has 0 amide bonds. The van der Waals surface area contributed by atoms with Gasteiger partial charge in [0.15, 0.2) is 0 Å². The molecule has 0 aliphatic heterocycles. The molecule has 9 aromatic rings. The number of aromatic nitrogens is 2. The zero-order valence-corrected chi connectivity index (χ0v) is 25.8. The highest BCUT2D eigenvalue weighted by Gasteiger charge is 2.18. The van der Waals surface area contributed by atoms with E-state index in [2.05, 4.69) is 137 Å². The molecule has 48 heavy (non-hydrogen) atoms. The van der Waals surface area contributed by atoms with Crippen LogP contribution in [0.1, 0.15) is 11.1 Å². The van der Waals surface area contributed by atoms with Crippen LogP contribution in [0.3, 0.4) is 0 Å². The van der Waals surface area contributed by atoms with E-state index in [0.717, 1.165) is 66.5 Å². The standard InChI is InChI=1S/C44H26N4/c45-27-29-20-23-38-37-15-2-6-17-41(37)47(44(38)24-29)33-11-9-10-30(25-33)39-26-31(21-22-32(39)28-46)34-12-1-5-16-40(34)48-42-18-7-3-13-35(42)36-14-4-8-19-43(36)48/h1-26H. The summed E-state index contributed by atoms with van der Waals surface area (Å²) in [4.78, 5) is 0. The highest BCUT2D eigenvalue weighted by atomic mass is 15.0. The molecule has 0 bridgehead atoms. The summed E-state index contributed by atoms with van der Waals surface area (Å²) in [6.45, 7) is 0. The van der Waals surface area contributed by atoms with Crippen LogP contribution < -0.4 is 0 Å². The van der Waals surface area contributed by atoms with Crippen molar-refractivity contribution in [1.82, 2.24) is 9.13 Å². The molecule has 2 aromatic heterocycles. The fraction of sp³-hybridized carbons (Fsp3) is 0. The summed E-state index contributed by atoms with van der Waals surface area (Å²) < 4.78 is 4.55. The highest BCUT2D eigenvalue weighted by Crippen LogP contribution is 2.39. The van der Waals surface area contributed by atoms with E-state index in [4.69, 9.17) is 0 Å². The first-order valence-electron chi connectivity index (χ1n) is 15.9. The first kappa shape index (κ1) is 27.4. The van der Waals surface area contributed by atoms with Crippen LogP contribution in [0.2, 0.25) is 0 Å². The molecule has 0 fully saturated rings. The lowest BCUT2D eigenvalue weighted by molar-refractivity contribution is 1.18. The van der Waals surface area contributed by atoms with Gasteiger partial charge >= 0.3 is 0 Å². The molecule has 0 saturated heterocycles. The van der Waals surface area contributed by atoms with Gasteiger partial charge in [0.25, 0.3) is 0 Å². The van der Waals surface area contributed by atoms with E-state index >= 15 is 0 Å². The zero-order chi connectivity index (χ0) is 32.2. The fourth-order valence-electron chi connectivity index (χ4n) is 7.27. The van der Waals surface area contributed by atoms with Crippen molar-refractivity contribution >= 4 is 43.6 Å². The summed E-state index contributed by atoms with van der Waals surface area (Å²) >= 11 is 0. The van der Waals surface area contributed by atoms with Gasteiger partial charge in [-0.1, -0.05) is 97.1 Å². The summed E-state index contributed by atoms with van der Waals surface area (Å²) in [5.74, 6) is 0. The van der Waals surface area contributed by atoms with Crippen molar-refractivity contribution in [1.29, 1.82) is 10.5 Å². The molecular formula is C44H26N4. The molecule has 0 saturated carbocycles. The monoisotopic (exact) mass is 610 g/mol. The Kier molecular flexibility index (Phi) is 6.22. The Morgan fingerprint density at radius 3 is 1.69 bits per heavy atom. The van der Waals surface area contributed by atoms with Gasteiger partial charge in [0.2, 0.25) is 0 Å². The van der Waals surface area contributed by atoms with E-state index in [1.165, 1.54) is 10.8 Å². The van der Waals surface area contributed by atoms with Gasteiger partial charge in [-0.3, -0.25) is 0 Å². The molecule has 0 unspecified atom stereocenters. The van der Waals surface area contributed by atoms with Gasteiger partial charge in [-0.15, -0.1) is 0 Å². The summed E-state index contributed by atoms with van der Waals surface area (Å²) in [7, 11) is 0. The van der Waals surface area contributed by atoms with Gasteiger partial charge in [0, 0.05) is 38.4 Å². The minimum atomic E-state index is 0.610. The summed E-state index contributed by atoms with van der Waals surface area (Å²) in [6.07, 6.45) is 0. The second kappa shape index (κ2) is 10.9. The molecule has 4 nitrogen and oxygen atoms in total. The third-order valence-electron chi connectivity index (χ3n) is 9.39. The second-order valence-electron chi connectivity index (χ2n) is 12.0. The maximum Gasteiger partial charge on any atom is 0.0998 e. The van der Waals surface area contributed by atoms with E-state index < -0.39 is 0 Å². The van der Waals surface area contributed by atoms with Crippen molar-refractivity contribution in [2.24, 2.45) is 0 Å². The number of para-hydroxylation sites is 4. The molecule has 0 N–H and O–H groups in total. The smallest absolute Gasteiger partial charge is 0.0998 e. The van der Waals surface area contributed by atoms with Crippen LogP contribution in [0.4, 0.5) is 0 Å². The lowest BCUT2D eigenvalue weighted by atomic mass is 9.94. The molecule has 0 spiro atoms. The van der Waals surface area contributed by atoms with Gasteiger partial charge in [0.05, 0.1) is 51.0 Å². The van der Waals surface area contributed by atoms with E-state index in [0.29, 0.717) is 11.1 Å². The number of hydrogen-bond acceptors (Lipinski definition) is 2. The van der Waals surface area contributed by atoms with Crippen LogP contribution in [0, 0.1) is 22.7 Å². The Balaban J connectivity index is 1.24. The maximum absolute atomic E-state index is 10.3. The Bertz CT molecular complexity index is 2760. The topological polar surface area (TPSA) is 57.4 Å². The van der Waals surface area contributed by atoms with Gasteiger partial charge < -0.3 is 9.13 Å². The predicted molar refractivity (Wildman–Crippen MR) is 195 cm³/mol. The SMILES string of the molecule is N#Cc1ccc2c3ccccc3n(-c3cccc(-c4cc(-c5ccccc5-n5c6ccccc6c6ccccc65)ccc4C#N)c3)c2c1. The number of nitriles is 2.